The number of rotatable bonds is 9. The van der Waals surface area contributed by atoms with Gasteiger partial charge in [-0.2, -0.15) is 0 Å². The van der Waals surface area contributed by atoms with Crippen molar-refractivity contribution in [2.24, 2.45) is 0 Å². The fourth-order valence-corrected chi connectivity index (χ4v) is 4.22. The second kappa shape index (κ2) is 10.2. The van der Waals surface area contributed by atoms with Crippen molar-refractivity contribution in [1.82, 2.24) is 19.9 Å². The third-order valence-corrected chi connectivity index (χ3v) is 5.92. The quantitative estimate of drug-likeness (QED) is 0.318. The minimum absolute atomic E-state index is 0.0972. The molecule has 2 heterocycles. The van der Waals surface area contributed by atoms with Gasteiger partial charge in [0, 0.05) is 31.2 Å². The average Bonchev–Trinajstić information content (AvgIpc) is 3.16. The summed E-state index contributed by atoms with van der Waals surface area (Å²) in [7, 11) is 1.61. The van der Waals surface area contributed by atoms with Gasteiger partial charge in [-0.1, -0.05) is 54.2 Å². The van der Waals surface area contributed by atoms with E-state index in [1.807, 2.05) is 42.6 Å². The number of benzene rings is 2. The molecule has 2 aromatic heterocycles. The summed E-state index contributed by atoms with van der Waals surface area (Å²) in [6.45, 7) is 1.65. The zero-order valence-electron chi connectivity index (χ0n) is 17.3. The van der Waals surface area contributed by atoms with Crippen molar-refractivity contribution in [3.8, 4) is 0 Å². The first-order valence-electron chi connectivity index (χ1n) is 10.1. The Balaban J connectivity index is 1.52. The van der Waals surface area contributed by atoms with Gasteiger partial charge in [0.25, 0.3) is 5.91 Å². The number of imidazole rings is 1. The Kier molecular flexibility index (Phi) is 6.96. The van der Waals surface area contributed by atoms with E-state index in [0.29, 0.717) is 25.3 Å². The van der Waals surface area contributed by atoms with Crippen LogP contribution < -0.4 is 5.32 Å². The van der Waals surface area contributed by atoms with Gasteiger partial charge < -0.3 is 14.6 Å². The first-order chi connectivity index (χ1) is 15.2. The fourth-order valence-electron chi connectivity index (χ4n) is 3.25. The second-order valence-corrected chi connectivity index (χ2v) is 8.01. The van der Waals surface area contributed by atoms with Crippen LogP contribution in [-0.4, -0.2) is 40.7 Å². The molecule has 0 unspecified atom stereocenters. The number of thioether (sulfide) groups is 1. The van der Waals surface area contributed by atoms with E-state index in [1.54, 1.807) is 25.1 Å². The maximum atomic E-state index is 12.2. The van der Waals surface area contributed by atoms with Gasteiger partial charge in [-0.05, 0) is 29.3 Å². The van der Waals surface area contributed by atoms with Crippen LogP contribution in [0.2, 0.25) is 0 Å². The number of pyridine rings is 1. The Morgan fingerprint density at radius 1 is 1.06 bits per heavy atom. The van der Waals surface area contributed by atoms with Gasteiger partial charge in [0.15, 0.2) is 5.16 Å². The molecule has 4 rings (SSSR count). The van der Waals surface area contributed by atoms with Crippen molar-refractivity contribution in [2.75, 3.05) is 20.3 Å². The van der Waals surface area contributed by atoms with Crippen LogP contribution in [0.1, 0.15) is 21.5 Å². The van der Waals surface area contributed by atoms with Crippen LogP contribution >= 0.6 is 11.8 Å². The summed E-state index contributed by atoms with van der Waals surface area (Å²) in [6.07, 6.45) is 3.62. The average molecular weight is 433 g/mol. The zero-order valence-corrected chi connectivity index (χ0v) is 18.1. The topological polar surface area (TPSA) is 69.0 Å². The van der Waals surface area contributed by atoms with E-state index in [-0.39, 0.29) is 5.91 Å². The first-order valence-corrected chi connectivity index (χ1v) is 11.1. The van der Waals surface area contributed by atoms with Crippen LogP contribution in [0.4, 0.5) is 0 Å². The molecule has 31 heavy (non-hydrogen) atoms. The fraction of sp³-hybridized carbons (Fsp3) is 0.208. The van der Waals surface area contributed by atoms with Crippen LogP contribution in [0, 0.1) is 0 Å². The van der Waals surface area contributed by atoms with Crippen LogP contribution in [-0.2, 0) is 17.0 Å². The zero-order chi connectivity index (χ0) is 21.5. The molecule has 0 fully saturated rings. The number of fused-ring (bicyclic) bond motifs is 1. The van der Waals surface area contributed by atoms with Crippen molar-refractivity contribution in [2.45, 2.75) is 17.5 Å². The lowest BCUT2D eigenvalue weighted by Crippen LogP contribution is -2.26. The highest BCUT2D eigenvalue weighted by Gasteiger charge is 2.13. The van der Waals surface area contributed by atoms with E-state index in [9.17, 15) is 4.79 Å². The van der Waals surface area contributed by atoms with Crippen molar-refractivity contribution in [1.29, 1.82) is 0 Å². The lowest BCUT2D eigenvalue weighted by atomic mass is 10.1. The summed E-state index contributed by atoms with van der Waals surface area (Å²) in [5.41, 5.74) is 4.92. The number of aromatic nitrogens is 3. The van der Waals surface area contributed by atoms with E-state index >= 15 is 0 Å². The molecule has 0 spiro atoms. The minimum Gasteiger partial charge on any atom is -0.383 e. The molecule has 158 valence electrons. The molecule has 0 saturated carbocycles. The van der Waals surface area contributed by atoms with Crippen LogP contribution in [0.15, 0.2) is 78.2 Å². The SMILES string of the molecule is COCCNC(=O)c1ccc(Cn2c(SCc3ccccc3)nc3ccncc32)cc1. The van der Waals surface area contributed by atoms with Crippen LogP contribution in [0.25, 0.3) is 11.0 Å². The lowest BCUT2D eigenvalue weighted by molar-refractivity contribution is 0.0937. The molecule has 2 aromatic carbocycles. The van der Waals surface area contributed by atoms with Gasteiger partial charge in [-0.3, -0.25) is 9.78 Å². The van der Waals surface area contributed by atoms with Gasteiger partial charge >= 0.3 is 0 Å². The molecule has 0 aliphatic heterocycles. The number of carbonyl (C=O) groups is 1. The molecular formula is C24H24N4O2S. The molecule has 1 amide bonds. The van der Waals surface area contributed by atoms with Crippen molar-refractivity contribution < 1.29 is 9.53 Å². The number of carbonyl (C=O) groups excluding carboxylic acids is 1. The Hall–Kier alpha value is -3.16. The number of nitrogens with zero attached hydrogens (tertiary/aromatic N) is 3. The minimum atomic E-state index is -0.0972. The Morgan fingerprint density at radius 2 is 1.87 bits per heavy atom. The highest BCUT2D eigenvalue weighted by Crippen LogP contribution is 2.27. The molecule has 4 aromatic rings. The summed E-state index contributed by atoms with van der Waals surface area (Å²) in [6, 6.07) is 20.0. The molecule has 1 N–H and O–H groups in total. The third-order valence-electron chi connectivity index (χ3n) is 4.87. The van der Waals surface area contributed by atoms with E-state index in [1.165, 1.54) is 5.56 Å². The summed E-state index contributed by atoms with van der Waals surface area (Å²) in [4.78, 5) is 21.3. The van der Waals surface area contributed by atoms with Gasteiger partial charge in [0.2, 0.25) is 0 Å². The van der Waals surface area contributed by atoms with Crippen LogP contribution in [0.3, 0.4) is 0 Å². The van der Waals surface area contributed by atoms with E-state index < -0.39 is 0 Å². The summed E-state index contributed by atoms with van der Waals surface area (Å²) in [5.74, 6) is 0.748. The smallest absolute Gasteiger partial charge is 0.251 e. The number of ether oxygens (including phenoxy) is 1. The lowest BCUT2D eigenvalue weighted by Gasteiger charge is -2.10. The Labute approximate surface area is 185 Å². The van der Waals surface area contributed by atoms with E-state index in [0.717, 1.165) is 27.5 Å². The van der Waals surface area contributed by atoms with Crippen molar-refractivity contribution in [3.63, 3.8) is 0 Å². The summed E-state index contributed by atoms with van der Waals surface area (Å²) in [5, 5.41) is 3.79. The molecule has 0 radical (unpaired) electrons. The standard InChI is InChI=1S/C24H24N4O2S/c1-30-14-13-26-23(29)20-9-7-18(8-10-20)16-28-22-15-25-12-11-21(22)27-24(28)31-17-19-5-3-2-4-6-19/h2-12,15H,13-14,16-17H2,1H3,(H,26,29). The first kappa shape index (κ1) is 21.1. The number of nitrogens with one attached hydrogen (secondary N) is 1. The maximum Gasteiger partial charge on any atom is 0.251 e. The maximum absolute atomic E-state index is 12.2. The molecule has 0 aliphatic rings. The molecular weight excluding hydrogens is 408 g/mol. The number of methoxy groups -OCH3 is 1. The molecule has 0 bridgehead atoms. The predicted octanol–water partition coefficient (Wildman–Crippen LogP) is 4.15. The Morgan fingerprint density at radius 3 is 2.65 bits per heavy atom. The monoisotopic (exact) mass is 432 g/mol. The van der Waals surface area contributed by atoms with E-state index in [4.69, 9.17) is 9.72 Å². The third kappa shape index (κ3) is 5.31. The summed E-state index contributed by atoms with van der Waals surface area (Å²) < 4.78 is 7.15. The van der Waals surface area contributed by atoms with Crippen LogP contribution in [0.5, 0.6) is 0 Å². The molecule has 0 aliphatic carbocycles. The van der Waals surface area contributed by atoms with Crippen molar-refractivity contribution in [3.05, 3.63) is 89.7 Å². The van der Waals surface area contributed by atoms with Gasteiger partial charge in [-0.15, -0.1) is 0 Å². The largest absolute Gasteiger partial charge is 0.383 e. The predicted molar refractivity (Wildman–Crippen MR) is 123 cm³/mol. The second-order valence-electron chi connectivity index (χ2n) is 7.06. The molecule has 0 atom stereocenters. The highest BCUT2D eigenvalue weighted by molar-refractivity contribution is 7.98. The van der Waals surface area contributed by atoms with Gasteiger partial charge in [0.05, 0.1) is 30.4 Å². The number of hydrogen-bond donors (Lipinski definition) is 1. The normalized spacial score (nSPS) is 11.0. The number of amides is 1. The Bertz CT molecular complexity index is 1140. The highest BCUT2D eigenvalue weighted by atomic mass is 32.2. The van der Waals surface area contributed by atoms with Gasteiger partial charge in [-0.25, -0.2) is 4.98 Å². The van der Waals surface area contributed by atoms with Gasteiger partial charge in [0.1, 0.15) is 0 Å². The molecule has 6 nitrogen and oxygen atoms in total. The number of hydrogen-bond acceptors (Lipinski definition) is 5. The summed E-state index contributed by atoms with van der Waals surface area (Å²) >= 11 is 1.71. The van der Waals surface area contributed by atoms with Crippen molar-refractivity contribution >= 4 is 28.7 Å². The van der Waals surface area contributed by atoms with E-state index in [2.05, 4.69) is 39.1 Å². The molecule has 0 saturated heterocycles. The molecule has 7 heteroatoms.